The molecule has 0 aliphatic heterocycles. The smallest absolute Gasteiger partial charge is 0.268 e. The van der Waals surface area contributed by atoms with Crippen LogP contribution in [0.15, 0.2) is 12.3 Å². The van der Waals surface area contributed by atoms with Crippen molar-refractivity contribution in [1.82, 2.24) is 9.88 Å². The number of amides is 1. The van der Waals surface area contributed by atoms with E-state index < -0.39 is 0 Å². The van der Waals surface area contributed by atoms with Crippen molar-refractivity contribution in [1.29, 1.82) is 0 Å². The second kappa shape index (κ2) is 5.46. The van der Waals surface area contributed by atoms with Crippen LogP contribution in [-0.4, -0.2) is 16.5 Å². The first-order valence-corrected chi connectivity index (χ1v) is 6.88. The summed E-state index contributed by atoms with van der Waals surface area (Å²) in [6, 6.07) is 2.00. The van der Waals surface area contributed by atoms with Crippen LogP contribution in [0.1, 0.15) is 50.0 Å². The van der Waals surface area contributed by atoms with Gasteiger partial charge in [0.2, 0.25) is 0 Å². The van der Waals surface area contributed by atoms with Crippen LogP contribution in [0.25, 0.3) is 0 Å². The molecule has 1 aliphatic carbocycles. The summed E-state index contributed by atoms with van der Waals surface area (Å²) in [6.07, 6.45) is 6.87. The van der Waals surface area contributed by atoms with Gasteiger partial charge in [-0.25, -0.2) is 0 Å². The van der Waals surface area contributed by atoms with Gasteiger partial charge >= 0.3 is 0 Å². The predicted octanol–water partition coefficient (Wildman–Crippen LogP) is 2.40. The maximum atomic E-state index is 12.2. The summed E-state index contributed by atoms with van der Waals surface area (Å²) in [5.74, 6) is 0.629. The minimum absolute atomic E-state index is 0.00653. The second-order valence-electron chi connectivity index (χ2n) is 5.25. The van der Waals surface area contributed by atoms with Gasteiger partial charge in [-0.2, -0.15) is 0 Å². The summed E-state index contributed by atoms with van der Waals surface area (Å²) in [4.78, 5) is 12.2. The fourth-order valence-electron chi connectivity index (χ4n) is 2.84. The van der Waals surface area contributed by atoms with Crippen molar-refractivity contribution < 1.29 is 4.79 Å². The summed E-state index contributed by atoms with van der Waals surface area (Å²) < 4.78 is 1.89. The molecule has 1 aromatic heterocycles. The zero-order valence-corrected chi connectivity index (χ0v) is 11.3. The molecule has 1 atom stereocenters. The zero-order chi connectivity index (χ0) is 13.1. The van der Waals surface area contributed by atoms with Crippen molar-refractivity contribution in [3.05, 3.63) is 18.0 Å². The van der Waals surface area contributed by atoms with Crippen LogP contribution in [0, 0.1) is 5.92 Å². The first kappa shape index (κ1) is 13.0. The van der Waals surface area contributed by atoms with Gasteiger partial charge in [-0.05, 0) is 38.7 Å². The maximum absolute atomic E-state index is 12.2. The number of nitrogens with one attached hydrogen (secondary N) is 1. The standard InChI is InChI=1S/C14H23N3O/c1-3-17-9-12(15)8-13(17)14(18)16-10(2)11-6-4-5-7-11/h8-11H,3-7,15H2,1-2H3,(H,16,18). The third-order valence-electron chi connectivity index (χ3n) is 3.96. The van der Waals surface area contributed by atoms with Crippen molar-refractivity contribution in [2.75, 3.05) is 5.73 Å². The molecule has 1 unspecified atom stereocenters. The predicted molar refractivity (Wildman–Crippen MR) is 73.4 cm³/mol. The number of nitrogens with two attached hydrogens (primary N) is 1. The van der Waals surface area contributed by atoms with Gasteiger partial charge in [0.05, 0.1) is 5.69 Å². The molecule has 4 heteroatoms. The van der Waals surface area contributed by atoms with Gasteiger partial charge in [0.15, 0.2) is 0 Å². The minimum Gasteiger partial charge on any atom is -0.397 e. The Kier molecular flexibility index (Phi) is 3.94. The molecule has 1 aromatic rings. The highest BCUT2D eigenvalue weighted by molar-refractivity contribution is 5.94. The third kappa shape index (κ3) is 2.68. The Balaban J connectivity index is 2.02. The molecule has 100 valence electrons. The van der Waals surface area contributed by atoms with Gasteiger partial charge in [-0.1, -0.05) is 12.8 Å². The lowest BCUT2D eigenvalue weighted by molar-refractivity contribution is 0.0918. The monoisotopic (exact) mass is 249 g/mol. The van der Waals surface area contributed by atoms with Gasteiger partial charge in [0, 0.05) is 18.8 Å². The highest BCUT2D eigenvalue weighted by Crippen LogP contribution is 2.27. The Labute approximate surface area is 109 Å². The number of nitrogens with zero attached hydrogens (tertiary/aromatic N) is 1. The molecule has 2 rings (SSSR count). The average molecular weight is 249 g/mol. The van der Waals surface area contributed by atoms with Crippen LogP contribution in [-0.2, 0) is 6.54 Å². The van der Waals surface area contributed by atoms with Crippen molar-refractivity contribution in [3.63, 3.8) is 0 Å². The normalized spacial score (nSPS) is 17.9. The van der Waals surface area contributed by atoms with E-state index in [1.54, 1.807) is 6.07 Å². The number of rotatable bonds is 4. The molecule has 1 amide bonds. The zero-order valence-electron chi connectivity index (χ0n) is 11.3. The molecule has 0 aromatic carbocycles. The Morgan fingerprint density at radius 3 is 2.83 bits per heavy atom. The summed E-state index contributed by atoms with van der Waals surface area (Å²) in [7, 11) is 0. The summed E-state index contributed by atoms with van der Waals surface area (Å²) >= 11 is 0. The molecule has 1 saturated carbocycles. The van der Waals surface area contributed by atoms with Crippen LogP contribution in [0.3, 0.4) is 0 Å². The van der Waals surface area contributed by atoms with Crippen molar-refractivity contribution in [3.8, 4) is 0 Å². The maximum Gasteiger partial charge on any atom is 0.268 e. The fourth-order valence-corrected chi connectivity index (χ4v) is 2.84. The molecule has 1 aliphatic rings. The third-order valence-corrected chi connectivity index (χ3v) is 3.96. The summed E-state index contributed by atoms with van der Waals surface area (Å²) in [5.41, 5.74) is 7.06. The highest BCUT2D eigenvalue weighted by atomic mass is 16.2. The van der Waals surface area contributed by atoms with Gasteiger partial charge in [-0.15, -0.1) is 0 Å². The number of carbonyl (C=O) groups excluding carboxylic acids is 1. The van der Waals surface area contributed by atoms with Gasteiger partial charge in [-0.3, -0.25) is 4.79 Å². The molecule has 0 bridgehead atoms. The lowest BCUT2D eigenvalue weighted by Crippen LogP contribution is -2.38. The molecule has 1 fully saturated rings. The Morgan fingerprint density at radius 2 is 2.22 bits per heavy atom. The van der Waals surface area contributed by atoms with Crippen molar-refractivity contribution in [2.45, 2.75) is 52.1 Å². The molecule has 0 spiro atoms. The first-order chi connectivity index (χ1) is 8.61. The molecular weight excluding hydrogens is 226 g/mol. The Morgan fingerprint density at radius 1 is 1.56 bits per heavy atom. The molecular formula is C14H23N3O. The topological polar surface area (TPSA) is 60.0 Å². The number of anilines is 1. The van der Waals surface area contributed by atoms with E-state index in [0.29, 0.717) is 17.3 Å². The van der Waals surface area contributed by atoms with Crippen LogP contribution in [0.5, 0.6) is 0 Å². The number of hydrogen-bond acceptors (Lipinski definition) is 2. The van der Waals surface area contributed by atoms with E-state index in [4.69, 9.17) is 5.73 Å². The van der Waals surface area contributed by atoms with Crippen LogP contribution < -0.4 is 11.1 Å². The number of hydrogen-bond donors (Lipinski definition) is 2. The van der Waals surface area contributed by atoms with E-state index in [9.17, 15) is 4.79 Å². The quantitative estimate of drug-likeness (QED) is 0.860. The van der Waals surface area contributed by atoms with Gasteiger partial charge < -0.3 is 15.6 Å². The molecule has 4 nitrogen and oxygen atoms in total. The Hall–Kier alpha value is -1.45. The number of aryl methyl sites for hydroxylation is 1. The van der Waals surface area contributed by atoms with E-state index in [2.05, 4.69) is 12.2 Å². The second-order valence-corrected chi connectivity index (χ2v) is 5.25. The molecule has 0 saturated heterocycles. The molecule has 1 heterocycles. The molecule has 18 heavy (non-hydrogen) atoms. The van der Waals surface area contributed by atoms with E-state index in [-0.39, 0.29) is 11.9 Å². The summed E-state index contributed by atoms with van der Waals surface area (Å²) in [6.45, 7) is 4.88. The van der Waals surface area contributed by atoms with Gasteiger partial charge in [0.1, 0.15) is 5.69 Å². The minimum atomic E-state index is -0.00653. The van der Waals surface area contributed by atoms with Crippen molar-refractivity contribution >= 4 is 11.6 Å². The average Bonchev–Trinajstić information content (AvgIpc) is 2.96. The van der Waals surface area contributed by atoms with E-state index in [1.165, 1.54) is 25.7 Å². The lowest BCUT2D eigenvalue weighted by atomic mass is 10.00. The van der Waals surface area contributed by atoms with Crippen LogP contribution in [0.2, 0.25) is 0 Å². The molecule has 3 N–H and O–H groups in total. The fraction of sp³-hybridized carbons (Fsp3) is 0.643. The summed E-state index contributed by atoms with van der Waals surface area (Å²) in [5, 5.41) is 3.11. The van der Waals surface area contributed by atoms with Crippen LogP contribution in [0.4, 0.5) is 5.69 Å². The number of nitrogen functional groups attached to an aromatic ring is 1. The van der Waals surface area contributed by atoms with Crippen LogP contribution >= 0.6 is 0 Å². The molecule has 0 radical (unpaired) electrons. The van der Waals surface area contributed by atoms with E-state index >= 15 is 0 Å². The highest BCUT2D eigenvalue weighted by Gasteiger charge is 2.24. The Bertz CT molecular complexity index is 419. The van der Waals surface area contributed by atoms with E-state index in [1.807, 2.05) is 17.7 Å². The largest absolute Gasteiger partial charge is 0.397 e. The SMILES string of the molecule is CCn1cc(N)cc1C(=O)NC(C)C1CCCC1. The number of aromatic nitrogens is 1. The lowest BCUT2D eigenvalue weighted by Gasteiger charge is -2.20. The van der Waals surface area contributed by atoms with E-state index in [0.717, 1.165) is 6.54 Å². The first-order valence-electron chi connectivity index (χ1n) is 6.88. The van der Waals surface area contributed by atoms with Gasteiger partial charge in [0.25, 0.3) is 5.91 Å². The van der Waals surface area contributed by atoms with Crippen molar-refractivity contribution in [2.24, 2.45) is 5.92 Å². The number of carbonyl (C=O) groups is 1.